The molecule has 1 aromatic heterocycles. The molecule has 0 unspecified atom stereocenters. The van der Waals surface area contributed by atoms with Gasteiger partial charge in [0, 0.05) is 57.6 Å². The Bertz CT molecular complexity index is 1070. The van der Waals surface area contributed by atoms with Gasteiger partial charge in [0.25, 0.3) is 11.6 Å². The summed E-state index contributed by atoms with van der Waals surface area (Å²) in [6.07, 6.45) is 2.90. The smallest absolute Gasteiger partial charge is 0.292 e. The van der Waals surface area contributed by atoms with Gasteiger partial charge < -0.3 is 10.4 Å². The fraction of sp³-hybridized carbons (Fsp3) is 0.250. The normalized spacial score (nSPS) is 10.3. The average molecular weight is 508 g/mol. The molecule has 0 saturated heterocycles. The second-order valence-electron chi connectivity index (χ2n) is 7.17. The van der Waals surface area contributed by atoms with Gasteiger partial charge in [0.15, 0.2) is 0 Å². The maximum atomic E-state index is 12.6. The van der Waals surface area contributed by atoms with E-state index in [0.29, 0.717) is 24.1 Å². The molecule has 8 heteroatoms. The summed E-state index contributed by atoms with van der Waals surface area (Å²) in [7, 11) is 1.58. The second kappa shape index (κ2) is 12.6. The molecule has 3 aromatic rings. The molecule has 3 rings (SSSR count). The molecule has 2 aromatic carbocycles. The van der Waals surface area contributed by atoms with Gasteiger partial charge in [0.2, 0.25) is 0 Å². The quantitative estimate of drug-likeness (QED) is 0.458. The Balaban J connectivity index is 0.00000363. The van der Waals surface area contributed by atoms with Gasteiger partial charge in [-0.3, -0.25) is 14.5 Å². The molecule has 0 bridgehead atoms. The summed E-state index contributed by atoms with van der Waals surface area (Å²) in [4.78, 5) is 26.8. The van der Waals surface area contributed by atoms with E-state index in [2.05, 4.69) is 10.4 Å². The number of hydrogen-bond acceptors (Lipinski definition) is 4. The number of aryl methyl sites for hydroxylation is 1. The third kappa shape index (κ3) is 6.34. The fourth-order valence-corrected chi connectivity index (χ4v) is 3.32. The van der Waals surface area contributed by atoms with Crippen molar-refractivity contribution in [3.05, 3.63) is 88.8 Å². The Morgan fingerprint density at radius 2 is 1.84 bits per heavy atom. The average Bonchev–Trinajstić information content (AvgIpc) is 2.80. The molecule has 1 heterocycles. The zero-order chi connectivity index (χ0) is 22.2. The summed E-state index contributed by atoms with van der Waals surface area (Å²) in [6, 6.07) is 16.9. The van der Waals surface area contributed by atoms with E-state index in [-0.39, 0.29) is 50.9 Å². The monoisotopic (exact) mass is 508 g/mol. The maximum absolute atomic E-state index is 12.6. The van der Waals surface area contributed by atoms with E-state index in [9.17, 15) is 14.7 Å². The Morgan fingerprint density at radius 1 is 1.16 bits per heavy atom. The Hall–Kier alpha value is -2.35. The predicted molar refractivity (Wildman–Crippen MR) is 121 cm³/mol. The molecular weight excluding hydrogens is 481 g/mol. The van der Waals surface area contributed by atoms with E-state index in [1.54, 1.807) is 18.5 Å². The van der Waals surface area contributed by atoms with Crippen LogP contribution >= 0.6 is 0 Å². The number of carbonyl (C=O) groups excluding carboxylic acids is 1. The summed E-state index contributed by atoms with van der Waals surface area (Å²) >= 11 is 0. The number of carbonyl (C=O) groups is 1. The van der Waals surface area contributed by atoms with Crippen LogP contribution in [0, 0.1) is 6.54 Å². The van der Waals surface area contributed by atoms with Crippen molar-refractivity contribution in [3.63, 3.8) is 0 Å². The van der Waals surface area contributed by atoms with Crippen molar-refractivity contribution in [1.82, 2.24) is 15.1 Å². The number of para-hydroxylation sites is 1. The Morgan fingerprint density at radius 3 is 2.47 bits per heavy atom. The SMILES string of the molecule is CCCN(C(=O)N[CH-]Cc1ccc(-c2c(CO)cnn(C)c2=O)cc1)c1ccccc1.[Y]. The topological polar surface area (TPSA) is 87.5 Å². The van der Waals surface area contributed by atoms with Crippen molar-refractivity contribution in [2.45, 2.75) is 26.4 Å². The van der Waals surface area contributed by atoms with E-state index in [0.717, 1.165) is 23.2 Å². The van der Waals surface area contributed by atoms with Crippen LogP contribution in [0.25, 0.3) is 11.1 Å². The van der Waals surface area contributed by atoms with Crippen LogP contribution in [0.5, 0.6) is 0 Å². The minimum Gasteiger partial charge on any atom is -0.487 e. The largest absolute Gasteiger partial charge is 0.487 e. The van der Waals surface area contributed by atoms with Gasteiger partial charge in [0.1, 0.15) is 0 Å². The first kappa shape index (κ1) is 25.9. The molecule has 1 radical (unpaired) electrons. The molecule has 0 aliphatic carbocycles. The van der Waals surface area contributed by atoms with Gasteiger partial charge in [-0.25, -0.2) is 11.2 Å². The van der Waals surface area contributed by atoms with Gasteiger partial charge in [-0.05, 0) is 24.1 Å². The Labute approximate surface area is 213 Å². The molecule has 0 spiro atoms. The first-order valence-corrected chi connectivity index (χ1v) is 10.2. The number of urea groups is 1. The standard InChI is InChI=1S/C24H27N4O3.Y/c1-3-15-28(21-7-5-4-6-8-21)24(31)25-14-13-18-9-11-19(12-10-18)22-20(17-29)16-26-27(2)23(22)30;/h4-12,14,16,29H,3,13,15,17H2,1-2H3,(H,25,31);/q-1;. The molecular formula is C24H27N4O3Y-. The zero-order valence-electron chi connectivity index (χ0n) is 18.4. The van der Waals surface area contributed by atoms with Gasteiger partial charge >= 0.3 is 0 Å². The molecule has 0 aliphatic heterocycles. The molecule has 0 fully saturated rings. The Kier molecular flexibility index (Phi) is 10.2. The zero-order valence-corrected chi connectivity index (χ0v) is 21.2. The molecule has 0 atom stereocenters. The summed E-state index contributed by atoms with van der Waals surface area (Å²) in [5.41, 5.74) is 3.25. The molecule has 0 aliphatic rings. The van der Waals surface area contributed by atoms with Crippen molar-refractivity contribution < 1.29 is 42.6 Å². The van der Waals surface area contributed by atoms with Crippen LogP contribution in [0.3, 0.4) is 0 Å². The molecule has 0 saturated carbocycles. The minimum atomic E-state index is -0.255. The van der Waals surface area contributed by atoms with Gasteiger partial charge in [-0.1, -0.05) is 55.0 Å². The van der Waals surface area contributed by atoms with Crippen LogP contribution in [0.1, 0.15) is 24.5 Å². The van der Waals surface area contributed by atoms with Crippen molar-refractivity contribution in [2.24, 2.45) is 7.05 Å². The third-order valence-corrected chi connectivity index (χ3v) is 4.95. The van der Waals surface area contributed by atoms with E-state index in [1.165, 1.54) is 10.9 Å². The molecule has 2 N–H and O–H groups in total. The van der Waals surface area contributed by atoms with Crippen LogP contribution < -0.4 is 15.8 Å². The maximum Gasteiger partial charge on any atom is 0.292 e. The summed E-state index contributed by atoms with van der Waals surface area (Å²) in [6.45, 7) is 4.14. The van der Waals surface area contributed by atoms with E-state index in [4.69, 9.17) is 0 Å². The molecule has 7 nitrogen and oxygen atoms in total. The first-order valence-electron chi connectivity index (χ1n) is 10.2. The summed E-state index contributed by atoms with van der Waals surface area (Å²) in [5, 5.41) is 16.4. The molecule has 32 heavy (non-hydrogen) atoms. The number of benzene rings is 2. The van der Waals surface area contributed by atoms with Crippen LogP contribution in [0.2, 0.25) is 0 Å². The van der Waals surface area contributed by atoms with Crippen molar-refractivity contribution in [3.8, 4) is 11.1 Å². The van der Waals surface area contributed by atoms with Crippen molar-refractivity contribution in [1.29, 1.82) is 0 Å². The number of hydrogen-bond donors (Lipinski definition) is 2. The van der Waals surface area contributed by atoms with Gasteiger partial charge in [-0.15, -0.1) is 6.42 Å². The van der Waals surface area contributed by atoms with E-state index >= 15 is 0 Å². The van der Waals surface area contributed by atoms with E-state index in [1.807, 2.05) is 61.5 Å². The summed E-state index contributed by atoms with van der Waals surface area (Å²) in [5.74, 6) is 0. The van der Waals surface area contributed by atoms with Crippen LogP contribution in [-0.2, 0) is 52.8 Å². The van der Waals surface area contributed by atoms with Crippen LogP contribution in [0.15, 0.2) is 65.6 Å². The molecule has 2 amide bonds. The van der Waals surface area contributed by atoms with Crippen LogP contribution in [-0.4, -0.2) is 27.5 Å². The number of aromatic nitrogens is 2. The summed E-state index contributed by atoms with van der Waals surface area (Å²) < 4.78 is 1.25. The third-order valence-electron chi connectivity index (χ3n) is 4.95. The van der Waals surface area contributed by atoms with E-state index < -0.39 is 0 Å². The predicted octanol–water partition coefficient (Wildman–Crippen LogP) is 3.27. The van der Waals surface area contributed by atoms with Gasteiger partial charge in [-0.2, -0.15) is 5.10 Å². The van der Waals surface area contributed by atoms with Crippen LogP contribution in [0.4, 0.5) is 10.5 Å². The number of amides is 2. The fourth-order valence-electron chi connectivity index (χ4n) is 3.32. The van der Waals surface area contributed by atoms with Crippen molar-refractivity contribution in [2.75, 3.05) is 11.4 Å². The molecule has 165 valence electrons. The number of aliphatic hydroxyl groups is 1. The number of nitrogens with one attached hydrogen (secondary N) is 1. The number of aliphatic hydroxyl groups excluding tert-OH is 1. The van der Waals surface area contributed by atoms with Crippen molar-refractivity contribution >= 4 is 11.7 Å². The number of rotatable bonds is 8. The second-order valence-corrected chi connectivity index (χ2v) is 7.17. The first-order chi connectivity index (χ1) is 15.0. The minimum absolute atomic E-state index is 0. The number of nitrogens with zero attached hydrogens (tertiary/aromatic N) is 3. The number of anilines is 1. The van der Waals surface area contributed by atoms with Gasteiger partial charge in [0.05, 0.1) is 18.4 Å².